The van der Waals surface area contributed by atoms with Gasteiger partial charge in [0.05, 0.1) is 17.2 Å². The minimum Gasteiger partial charge on any atom is -0.480 e. The number of carbonyl (C=O) groups excluding carboxylic acids is 1. The molecule has 1 aliphatic heterocycles. The normalized spacial score (nSPS) is 18.6. The van der Waals surface area contributed by atoms with E-state index in [2.05, 4.69) is 40.2 Å². The van der Waals surface area contributed by atoms with Gasteiger partial charge in [0.1, 0.15) is 13.2 Å². The maximum absolute atomic E-state index is 13.1. The Labute approximate surface area is 225 Å². The Balaban J connectivity index is 1.12. The summed E-state index contributed by atoms with van der Waals surface area (Å²) in [5.74, 6) is -0.997. The molecule has 1 aromatic heterocycles. The zero-order valence-electron chi connectivity index (χ0n) is 21.6. The highest BCUT2D eigenvalue weighted by atomic mass is 16.6. The lowest BCUT2D eigenvalue weighted by molar-refractivity contribution is -0.137. The Morgan fingerprint density at radius 1 is 1.08 bits per heavy atom. The molecular weight excluding hydrogens is 496 g/mol. The second-order valence-electron chi connectivity index (χ2n) is 10.2. The van der Waals surface area contributed by atoms with Gasteiger partial charge in [-0.05, 0) is 54.2 Å². The summed E-state index contributed by atoms with van der Waals surface area (Å²) in [4.78, 5) is 45.2. The predicted molar refractivity (Wildman–Crippen MR) is 148 cm³/mol. The summed E-state index contributed by atoms with van der Waals surface area (Å²) < 4.78 is 6.99. The molecule has 1 fully saturated rings. The third-order valence-corrected chi connectivity index (χ3v) is 7.86. The van der Waals surface area contributed by atoms with Crippen LogP contribution in [0.2, 0.25) is 0 Å². The quantitative estimate of drug-likeness (QED) is 0.535. The number of aromatic nitrogens is 2. The van der Waals surface area contributed by atoms with Crippen LogP contribution in [0.5, 0.6) is 0 Å². The van der Waals surface area contributed by atoms with Gasteiger partial charge in [-0.25, -0.2) is 9.78 Å². The molecule has 1 unspecified atom stereocenters. The number of benzene rings is 2. The maximum atomic E-state index is 13.1. The molecule has 9 nitrogen and oxygen atoms in total. The third kappa shape index (κ3) is 4.80. The standard InChI is InChI=1S/C30H30N4O5/c35-28(36)17-34-19-31-27-11-10-20(16-25(27)29(34)37)32-12-5-13-33(15-14-32)30(38)39-18-26-23-8-3-1-6-21(23)22-7-2-4-9-24(22)26/h1-3,6-8,10-11,16,19,26H,4-5,9,12-15,17-18H2,(H,35,36). The first-order valence-electron chi connectivity index (χ1n) is 13.4. The fourth-order valence-electron chi connectivity index (χ4n) is 5.94. The lowest BCUT2D eigenvalue weighted by Crippen LogP contribution is -2.36. The molecule has 0 radical (unpaired) electrons. The van der Waals surface area contributed by atoms with Crippen molar-refractivity contribution in [2.75, 3.05) is 37.7 Å². The van der Waals surface area contributed by atoms with Gasteiger partial charge >= 0.3 is 12.1 Å². The number of ether oxygens (including phenoxy) is 1. The van der Waals surface area contributed by atoms with Gasteiger partial charge in [-0.15, -0.1) is 0 Å². The molecule has 0 spiro atoms. The molecule has 1 saturated heterocycles. The second kappa shape index (κ2) is 10.4. The zero-order chi connectivity index (χ0) is 26.9. The molecule has 3 aliphatic rings. The number of hydrogen-bond donors (Lipinski definition) is 1. The van der Waals surface area contributed by atoms with Crippen molar-refractivity contribution >= 4 is 34.2 Å². The fourth-order valence-corrected chi connectivity index (χ4v) is 5.94. The first kappa shape index (κ1) is 24.9. The lowest BCUT2D eigenvalue weighted by atomic mass is 9.91. The van der Waals surface area contributed by atoms with Crippen molar-refractivity contribution in [1.29, 1.82) is 0 Å². The van der Waals surface area contributed by atoms with E-state index in [1.165, 1.54) is 28.6 Å². The van der Waals surface area contributed by atoms with Crippen LogP contribution in [0.25, 0.3) is 16.5 Å². The van der Waals surface area contributed by atoms with E-state index in [0.717, 1.165) is 36.1 Å². The monoisotopic (exact) mass is 526 g/mol. The van der Waals surface area contributed by atoms with E-state index in [4.69, 9.17) is 9.84 Å². The second-order valence-corrected chi connectivity index (χ2v) is 10.2. The van der Waals surface area contributed by atoms with Crippen LogP contribution in [0.1, 0.15) is 36.3 Å². The molecule has 200 valence electrons. The van der Waals surface area contributed by atoms with Gasteiger partial charge < -0.3 is 19.6 Å². The number of aliphatic carboxylic acids is 1. The smallest absolute Gasteiger partial charge is 0.409 e. The van der Waals surface area contributed by atoms with Crippen LogP contribution in [0.15, 0.2) is 71.3 Å². The number of anilines is 1. The third-order valence-electron chi connectivity index (χ3n) is 7.86. The average molecular weight is 527 g/mol. The number of carboxylic acid groups (broad SMARTS) is 1. The largest absolute Gasteiger partial charge is 0.480 e. The molecule has 6 rings (SSSR count). The highest BCUT2D eigenvalue weighted by Crippen LogP contribution is 2.46. The highest BCUT2D eigenvalue weighted by Gasteiger charge is 2.32. The summed E-state index contributed by atoms with van der Waals surface area (Å²) in [5, 5.41) is 9.45. The van der Waals surface area contributed by atoms with Crippen LogP contribution < -0.4 is 10.5 Å². The van der Waals surface area contributed by atoms with Crippen LogP contribution in [-0.4, -0.2) is 64.4 Å². The maximum Gasteiger partial charge on any atom is 0.409 e. The summed E-state index contributed by atoms with van der Waals surface area (Å²) in [7, 11) is 0. The van der Waals surface area contributed by atoms with Gasteiger partial charge in [-0.1, -0.05) is 42.0 Å². The van der Waals surface area contributed by atoms with Crippen molar-refractivity contribution < 1.29 is 19.4 Å². The van der Waals surface area contributed by atoms with Gasteiger partial charge in [0.2, 0.25) is 0 Å². The molecule has 2 heterocycles. The number of rotatable bonds is 5. The van der Waals surface area contributed by atoms with Crippen molar-refractivity contribution in [2.24, 2.45) is 0 Å². The van der Waals surface area contributed by atoms with Crippen molar-refractivity contribution in [3.63, 3.8) is 0 Å². The number of allylic oxidation sites excluding steroid dienone is 3. The molecule has 0 bridgehead atoms. The van der Waals surface area contributed by atoms with Gasteiger partial charge in [-0.2, -0.15) is 0 Å². The summed E-state index contributed by atoms with van der Waals surface area (Å²) in [5.41, 5.74) is 6.10. The Morgan fingerprint density at radius 3 is 2.82 bits per heavy atom. The Kier molecular flexibility index (Phi) is 6.64. The summed E-state index contributed by atoms with van der Waals surface area (Å²) >= 11 is 0. The van der Waals surface area contributed by atoms with E-state index in [1.54, 1.807) is 17.0 Å². The number of nitrogens with zero attached hydrogens (tertiary/aromatic N) is 4. The Bertz CT molecular complexity index is 1570. The van der Waals surface area contributed by atoms with E-state index in [-0.39, 0.29) is 17.6 Å². The molecule has 3 aromatic rings. The van der Waals surface area contributed by atoms with Crippen molar-refractivity contribution in [1.82, 2.24) is 14.5 Å². The van der Waals surface area contributed by atoms with Crippen LogP contribution >= 0.6 is 0 Å². The average Bonchev–Trinajstić information content (AvgIpc) is 3.08. The van der Waals surface area contributed by atoms with E-state index in [9.17, 15) is 14.4 Å². The van der Waals surface area contributed by atoms with E-state index >= 15 is 0 Å². The number of fused-ring (bicyclic) bond motifs is 3. The molecule has 1 N–H and O–H groups in total. The molecular formula is C30H30N4O5. The summed E-state index contributed by atoms with van der Waals surface area (Å²) in [6, 6.07) is 13.8. The van der Waals surface area contributed by atoms with Crippen LogP contribution in [0.4, 0.5) is 10.5 Å². The topological polar surface area (TPSA) is 105 Å². The van der Waals surface area contributed by atoms with Gasteiger partial charge in [0, 0.05) is 37.8 Å². The minimum absolute atomic E-state index is 0.102. The van der Waals surface area contributed by atoms with Gasteiger partial charge in [-0.3, -0.25) is 14.2 Å². The Hall–Kier alpha value is -4.40. The SMILES string of the molecule is O=C(O)Cn1cnc2ccc(N3CCCN(C(=O)OCC4C5=C(C=CCC5)c5ccccc54)CC3)cc2c1=O. The molecule has 1 atom stereocenters. The van der Waals surface area contributed by atoms with Gasteiger partial charge in [0.25, 0.3) is 5.56 Å². The highest BCUT2D eigenvalue weighted by molar-refractivity contribution is 5.85. The first-order chi connectivity index (χ1) is 19.0. The van der Waals surface area contributed by atoms with Crippen LogP contribution in [0, 0.1) is 0 Å². The van der Waals surface area contributed by atoms with E-state index < -0.39 is 12.5 Å². The summed E-state index contributed by atoms with van der Waals surface area (Å²) in [6.07, 6.45) is 8.14. The molecule has 2 aromatic carbocycles. The number of carboxylic acids is 1. The molecule has 2 aliphatic carbocycles. The molecule has 1 amide bonds. The van der Waals surface area contributed by atoms with Crippen molar-refractivity contribution in [3.05, 3.63) is 88.0 Å². The number of carbonyl (C=O) groups is 2. The van der Waals surface area contributed by atoms with Crippen LogP contribution in [0.3, 0.4) is 0 Å². The van der Waals surface area contributed by atoms with Crippen molar-refractivity contribution in [2.45, 2.75) is 31.7 Å². The first-order valence-corrected chi connectivity index (χ1v) is 13.4. The summed E-state index contributed by atoms with van der Waals surface area (Å²) in [6.45, 7) is 2.31. The molecule has 39 heavy (non-hydrogen) atoms. The number of amides is 1. The van der Waals surface area contributed by atoms with Crippen LogP contribution in [-0.2, 0) is 16.1 Å². The van der Waals surface area contributed by atoms with Crippen molar-refractivity contribution in [3.8, 4) is 0 Å². The zero-order valence-corrected chi connectivity index (χ0v) is 21.6. The fraction of sp³-hybridized carbons (Fsp3) is 0.333. The van der Waals surface area contributed by atoms with Gasteiger partial charge in [0.15, 0.2) is 0 Å². The predicted octanol–water partition coefficient (Wildman–Crippen LogP) is 4.03. The molecule has 0 saturated carbocycles. The minimum atomic E-state index is -1.10. The van der Waals surface area contributed by atoms with E-state index in [0.29, 0.717) is 37.1 Å². The molecule has 9 heteroatoms. The number of hydrogen-bond acceptors (Lipinski definition) is 6. The van der Waals surface area contributed by atoms with E-state index in [1.807, 2.05) is 12.1 Å². The lowest BCUT2D eigenvalue weighted by Gasteiger charge is -2.24. The Morgan fingerprint density at radius 2 is 1.95 bits per heavy atom.